The van der Waals surface area contributed by atoms with Gasteiger partial charge in [0.15, 0.2) is 0 Å². The van der Waals surface area contributed by atoms with Crippen LogP contribution in [-0.4, -0.2) is 31.3 Å². The summed E-state index contributed by atoms with van der Waals surface area (Å²) in [6.07, 6.45) is 0.682. The lowest BCUT2D eigenvalue weighted by atomic mass is 9.94. The lowest BCUT2D eigenvalue weighted by Gasteiger charge is -2.15. The molecule has 0 amide bonds. The summed E-state index contributed by atoms with van der Waals surface area (Å²) in [6, 6.07) is -0.263. The molecule has 0 radical (unpaired) electrons. The first kappa shape index (κ1) is 9.90. The lowest BCUT2D eigenvalue weighted by Crippen LogP contribution is -2.37. The quantitative estimate of drug-likeness (QED) is 0.674. The average molecular weight is 201 g/mol. The van der Waals surface area contributed by atoms with Crippen LogP contribution in [0.3, 0.4) is 0 Å². The van der Waals surface area contributed by atoms with E-state index in [9.17, 15) is 9.18 Å². The first-order valence-corrected chi connectivity index (χ1v) is 5.28. The molecule has 0 spiro atoms. The molecular weight excluding hydrogens is 185 g/mol. The number of carbonyl (C=O) groups is 1. The second kappa shape index (κ2) is 3.85. The van der Waals surface area contributed by atoms with Gasteiger partial charge in [-0.15, -0.1) is 0 Å². The fourth-order valence-electron chi connectivity index (χ4n) is 2.65. The smallest absolute Gasteiger partial charge is 0.323 e. The molecule has 4 unspecified atom stereocenters. The number of halogens is 1. The summed E-state index contributed by atoms with van der Waals surface area (Å²) in [5, 5.41) is 3.06. The Hall–Kier alpha value is -0.640. The van der Waals surface area contributed by atoms with Crippen LogP contribution >= 0.6 is 0 Å². The molecule has 1 N–H and O–H groups in total. The zero-order chi connectivity index (χ0) is 10.1. The third kappa shape index (κ3) is 1.52. The van der Waals surface area contributed by atoms with Crippen LogP contribution in [0.25, 0.3) is 0 Å². The van der Waals surface area contributed by atoms with E-state index >= 15 is 0 Å². The maximum Gasteiger partial charge on any atom is 0.323 e. The van der Waals surface area contributed by atoms with Crippen LogP contribution in [0.1, 0.15) is 19.8 Å². The molecule has 1 aliphatic heterocycles. The molecule has 80 valence electrons. The molecule has 4 heteroatoms. The Labute approximate surface area is 83.0 Å². The summed E-state index contributed by atoms with van der Waals surface area (Å²) in [4.78, 5) is 11.5. The molecule has 2 aliphatic rings. The fraction of sp³-hybridized carbons (Fsp3) is 0.900. The molecule has 4 atom stereocenters. The molecule has 0 bridgehead atoms. The third-order valence-electron chi connectivity index (χ3n) is 3.33. The number of rotatable bonds is 2. The topological polar surface area (TPSA) is 38.3 Å². The number of carbonyl (C=O) groups excluding carboxylic acids is 1. The summed E-state index contributed by atoms with van der Waals surface area (Å²) in [6.45, 7) is 2.81. The van der Waals surface area contributed by atoms with E-state index in [0.29, 0.717) is 19.6 Å². The molecule has 1 aliphatic carbocycles. The predicted octanol–water partition coefficient (Wildman–Crippen LogP) is 0.886. The van der Waals surface area contributed by atoms with Crippen LogP contribution in [-0.2, 0) is 9.53 Å². The first-order chi connectivity index (χ1) is 6.74. The Morgan fingerprint density at radius 1 is 1.50 bits per heavy atom. The van der Waals surface area contributed by atoms with Crippen molar-refractivity contribution in [1.29, 1.82) is 0 Å². The minimum Gasteiger partial charge on any atom is -0.465 e. The first-order valence-electron chi connectivity index (χ1n) is 5.28. The van der Waals surface area contributed by atoms with Crippen molar-refractivity contribution in [1.82, 2.24) is 5.32 Å². The zero-order valence-electron chi connectivity index (χ0n) is 8.33. The van der Waals surface area contributed by atoms with E-state index < -0.39 is 6.17 Å². The highest BCUT2D eigenvalue weighted by Crippen LogP contribution is 2.39. The number of hydrogen-bond donors (Lipinski definition) is 1. The summed E-state index contributed by atoms with van der Waals surface area (Å²) in [5.74, 6) is -0.0254. The van der Waals surface area contributed by atoms with E-state index in [1.807, 2.05) is 0 Å². The highest BCUT2D eigenvalue weighted by Gasteiger charge is 2.48. The van der Waals surface area contributed by atoms with Crippen LogP contribution in [0.5, 0.6) is 0 Å². The van der Waals surface area contributed by atoms with E-state index in [2.05, 4.69) is 5.32 Å². The van der Waals surface area contributed by atoms with Gasteiger partial charge in [0.25, 0.3) is 0 Å². The van der Waals surface area contributed by atoms with Crippen molar-refractivity contribution in [2.75, 3.05) is 13.2 Å². The van der Waals surface area contributed by atoms with E-state index in [1.165, 1.54) is 0 Å². The van der Waals surface area contributed by atoms with E-state index in [-0.39, 0.29) is 23.8 Å². The van der Waals surface area contributed by atoms with Crippen LogP contribution in [0.2, 0.25) is 0 Å². The predicted molar refractivity (Wildman–Crippen MR) is 49.5 cm³/mol. The molecule has 1 saturated carbocycles. The van der Waals surface area contributed by atoms with Crippen molar-refractivity contribution in [2.24, 2.45) is 11.8 Å². The number of hydrogen-bond acceptors (Lipinski definition) is 3. The minimum atomic E-state index is -0.730. The van der Waals surface area contributed by atoms with Crippen LogP contribution < -0.4 is 5.32 Å². The molecule has 3 nitrogen and oxygen atoms in total. The Kier molecular flexibility index (Phi) is 2.72. The molecule has 1 saturated heterocycles. The van der Waals surface area contributed by atoms with Crippen LogP contribution in [0.15, 0.2) is 0 Å². The highest BCUT2D eigenvalue weighted by atomic mass is 19.1. The Balaban J connectivity index is 1.99. The molecule has 14 heavy (non-hydrogen) atoms. The fourth-order valence-corrected chi connectivity index (χ4v) is 2.65. The maximum absolute atomic E-state index is 13.3. The lowest BCUT2D eigenvalue weighted by molar-refractivity contribution is -0.146. The maximum atomic E-state index is 13.3. The molecule has 2 rings (SSSR count). The second-order valence-corrected chi connectivity index (χ2v) is 4.06. The summed E-state index contributed by atoms with van der Waals surface area (Å²) in [7, 11) is 0. The SMILES string of the molecule is CCOC(=O)C1NCC2C(F)CCC12. The molecular formula is C10H16FNO2. The number of esters is 1. The Bertz CT molecular complexity index is 234. The van der Waals surface area contributed by atoms with Crippen LogP contribution in [0.4, 0.5) is 4.39 Å². The van der Waals surface area contributed by atoms with Gasteiger partial charge in [0, 0.05) is 12.5 Å². The number of ether oxygens (including phenoxy) is 1. The van der Waals surface area contributed by atoms with Crippen molar-refractivity contribution in [2.45, 2.75) is 32.0 Å². The Morgan fingerprint density at radius 2 is 2.29 bits per heavy atom. The number of fused-ring (bicyclic) bond motifs is 1. The molecule has 0 aromatic carbocycles. The van der Waals surface area contributed by atoms with Gasteiger partial charge in [-0.1, -0.05) is 0 Å². The normalized spacial score (nSPS) is 41.0. The van der Waals surface area contributed by atoms with Crippen LogP contribution in [0, 0.1) is 11.8 Å². The van der Waals surface area contributed by atoms with Gasteiger partial charge in [0.2, 0.25) is 0 Å². The zero-order valence-corrected chi connectivity index (χ0v) is 8.33. The number of alkyl halides is 1. The second-order valence-electron chi connectivity index (χ2n) is 4.06. The van der Waals surface area contributed by atoms with E-state index in [1.54, 1.807) is 6.92 Å². The molecule has 2 fully saturated rings. The van der Waals surface area contributed by atoms with Crippen molar-refractivity contribution in [3.8, 4) is 0 Å². The molecule has 0 aromatic heterocycles. The summed E-state index contributed by atoms with van der Waals surface area (Å²) >= 11 is 0. The average Bonchev–Trinajstić information content (AvgIpc) is 2.69. The van der Waals surface area contributed by atoms with Gasteiger partial charge < -0.3 is 10.1 Å². The van der Waals surface area contributed by atoms with E-state index in [0.717, 1.165) is 6.42 Å². The third-order valence-corrected chi connectivity index (χ3v) is 3.33. The highest BCUT2D eigenvalue weighted by molar-refractivity contribution is 5.76. The van der Waals surface area contributed by atoms with Gasteiger partial charge >= 0.3 is 5.97 Å². The van der Waals surface area contributed by atoms with Crippen molar-refractivity contribution >= 4 is 5.97 Å². The Morgan fingerprint density at radius 3 is 3.00 bits per heavy atom. The largest absolute Gasteiger partial charge is 0.465 e. The monoisotopic (exact) mass is 201 g/mol. The van der Waals surface area contributed by atoms with Gasteiger partial charge in [0.1, 0.15) is 12.2 Å². The standard InChI is InChI=1S/C10H16FNO2/c1-2-14-10(13)9-6-3-4-8(11)7(6)5-12-9/h6-9,12H,2-5H2,1H3. The van der Waals surface area contributed by atoms with Crippen molar-refractivity contribution < 1.29 is 13.9 Å². The van der Waals surface area contributed by atoms with Crippen molar-refractivity contribution in [3.63, 3.8) is 0 Å². The summed E-state index contributed by atoms with van der Waals surface area (Å²) in [5.41, 5.74) is 0. The van der Waals surface area contributed by atoms with Gasteiger partial charge in [-0.05, 0) is 25.7 Å². The number of nitrogens with one attached hydrogen (secondary N) is 1. The minimum absolute atomic E-state index is 0.0319. The molecule has 0 aromatic rings. The van der Waals surface area contributed by atoms with Gasteiger partial charge in [0.05, 0.1) is 6.61 Å². The summed E-state index contributed by atoms with van der Waals surface area (Å²) < 4.78 is 18.3. The van der Waals surface area contributed by atoms with Gasteiger partial charge in [-0.3, -0.25) is 4.79 Å². The van der Waals surface area contributed by atoms with Gasteiger partial charge in [-0.25, -0.2) is 4.39 Å². The van der Waals surface area contributed by atoms with Gasteiger partial charge in [-0.2, -0.15) is 0 Å². The van der Waals surface area contributed by atoms with E-state index in [4.69, 9.17) is 4.74 Å². The molecule has 1 heterocycles. The van der Waals surface area contributed by atoms with Crippen molar-refractivity contribution in [3.05, 3.63) is 0 Å².